The summed E-state index contributed by atoms with van der Waals surface area (Å²) in [6, 6.07) is 1.39. The van der Waals surface area contributed by atoms with Gasteiger partial charge in [-0.3, -0.25) is 13.9 Å². The van der Waals surface area contributed by atoms with E-state index in [2.05, 4.69) is 14.7 Å². The average molecular weight is 538 g/mol. The molecule has 0 aliphatic heterocycles. The van der Waals surface area contributed by atoms with Crippen LogP contribution in [-0.4, -0.2) is 33.1 Å². The summed E-state index contributed by atoms with van der Waals surface area (Å²) in [6.45, 7) is 7.77. The Morgan fingerprint density at radius 3 is 2.38 bits per heavy atom. The highest BCUT2D eigenvalue weighted by molar-refractivity contribution is 7.91. The largest absolute Gasteiger partial charge is 0.332 e. The van der Waals surface area contributed by atoms with Crippen LogP contribution in [0.25, 0.3) is 10.2 Å². The Kier molecular flexibility index (Phi) is 5.67. The zero-order valence-electron chi connectivity index (χ0n) is 19.0. The van der Waals surface area contributed by atoms with Crippen LogP contribution in [0.3, 0.4) is 0 Å². The molecule has 4 aromatic rings. The molecule has 180 valence electrons. The molecule has 0 unspecified atom stereocenters. The predicted molar refractivity (Wildman–Crippen MR) is 135 cm³/mol. The first kappa shape index (κ1) is 23.5. The number of hydrogen-bond acceptors (Lipinski definition) is 9. The number of thiophene rings is 1. The lowest BCUT2D eigenvalue weighted by Crippen LogP contribution is -2.39. The normalized spacial score (nSPS) is 15.3. The van der Waals surface area contributed by atoms with Gasteiger partial charge in [-0.25, -0.2) is 27.9 Å². The summed E-state index contributed by atoms with van der Waals surface area (Å²) >= 11 is 3.85. The SMILES string of the molecule is Cc1ncc(Cn2c(=O)c3cc(S(=O)(=O)NC4(C)CC4)sc3n(Cc3sc(C)nc3C)c2=O)s1. The number of nitrogens with zero attached hydrogens (tertiary/aromatic N) is 4. The Morgan fingerprint density at radius 2 is 1.79 bits per heavy atom. The quantitative estimate of drug-likeness (QED) is 0.388. The molecule has 0 spiro atoms. The molecule has 0 saturated heterocycles. The molecule has 1 aliphatic carbocycles. The van der Waals surface area contributed by atoms with Crippen LogP contribution in [0.4, 0.5) is 0 Å². The maximum absolute atomic E-state index is 13.6. The first-order chi connectivity index (χ1) is 16.0. The van der Waals surface area contributed by atoms with Gasteiger partial charge in [0.15, 0.2) is 0 Å². The molecule has 0 radical (unpaired) electrons. The third-order valence-corrected chi connectivity index (χ3v) is 11.0. The van der Waals surface area contributed by atoms with Crippen molar-refractivity contribution in [3.63, 3.8) is 0 Å². The zero-order valence-corrected chi connectivity index (χ0v) is 22.3. The highest BCUT2D eigenvalue weighted by atomic mass is 32.2. The number of hydrogen-bond donors (Lipinski definition) is 1. The summed E-state index contributed by atoms with van der Waals surface area (Å²) in [5.41, 5.74) is -0.626. The van der Waals surface area contributed by atoms with E-state index >= 15 is 0 Å². The second-order valence-corrected chi connectivity index (χ2v) is 14.3. The van der Waals surface area contributed by atoms with Crippen molar-refractivity contribution in [2.75, 3.05) is 0 Å². The van der Waals surface area contributed by atoms with Gasteiger partial charge in [-0.1, -0.05) is 0 Å². The molecule has 0 amide bonds. The van der Waals surface area contributed by atoms with Crippen molar-refractivity contribution in [2.45, 2.75) is 63.4 Å². The van der Waals surface area contributed by atoms with Crippen LogP contribution in [0.1, 0.15) is 45.2 Å². The zero-order chi connectivity index (χ0) is 24.4. The van der Waals surface area contributed by atoms with Crippen molar-refractivity contribution in [1.29, 1.82) is 0 Å². The number of nitrogens with one attached hydrogen (secondary N) is 1. The Hall–Kier alpha value is -2.19. The summed E-state index contributed by atoms with van der Waals surface area (Å²) in [4.78, 5) is 37.6. The molecule has 1 aliphatic rings. The van der Waals surface area contributed by atoms with Crippen LogP contribution in [0, 0.1) is 20.8 Å². The number of aryl methyl sites for hydroxylation is 3. The van der Waals surface area contributed by atoms with Crippen molar-refractivity contribution in [1.82, 2.24) is 23.8 Å². The van der Waals surface area contributed by atoms with Crippen LogP contribution in [0.2, 0.25) is 0 Å². The van der Waals surface area contributed by atoms with Crippen molar-refractivity contribution in [3.8, 4) is 0 Å². The van der Waals surface area contributed by atoms with Gasteiger partial charge in [0.1, 0.15) is 9.04 Å². The Bertz CT molecular complexity index is 1650. The van der Waals surface area contributed by atoms with E-state index in [1.807, 2.05) is 27.7 Å². The summed E-state index contributed by atoms with van der Waals surface area (Å²) in [7, 11) is -3.82. The van der Waals surface area contributed by atoms with Crippen molar-refractivity contribution >= 4 is 54.3 Å². The van der Waals surface area contributed by atoms with Crippen molar-refractivity contribution in [2.24, 2.45) is 0 Å². The number of rotatable bonds is 7. The fraction of sp³-hybridized carbons (Fsp3) is 0.429. The number of thiazole rings is 2. The number of fused-ring (bicyclic) bond motifs is 1. The summed E-state index contributed by atoms with van der Waals surface area (Å²) in [5.74, 6) is 0. The minimum Gasteiger partial charge on any atom is -0.279 e. The Labute approximate surface area is 207 Å². The first-order valence-corrected chi connectivity index (χ1v) is 14.5. The lowest BCUT2D eigenvalue weighted by molar-refractivity contribution is 0.560. The van der Waals surface area contributed by atoms with Gasteiger partial charge in [-0.2, -0.15) is 0 Å². The summed E-state index contributed by atoms with van der Waals surface area (Å²) < 4.78 is 31.5. The molecule has 34 heavy (non-hydrogen) atoms. The molecule has 4 heterocycles. The molecular weight excluding hydrogens is 515 g/mol. The van der Waals surface area contributed by atoms with E-state index in [0.717, 1.165) is 54.2 Å². The molecular formula is C21H23N5O4S4. The van der Waals surface area contributed by atoms with E-state index in [-0.39, 0.29) is 22.7 Å². The molecule has 1 saturated carbocycles. The van der Waals surface area contributed by atoms with Crippen molar-refractivity contribution < 1.29 is 8.42 Å². The van der Waals surface area contributed by atoms with E-state index in [1.165, 1.54) is 33.3 Å². The predicted octanol–water partition coefficient (Wildman–Crippen LogP) is 2.99. The maximum atomic E-state index is 13.6. The molecule has 9 nitrogen and oxygen atoms in total. The van der Waals surface area contributed by atoms with Gasteiger partial charge in [0.05, 0.1) is 34.2 Å². The third kappa shape index (κ3) is 4.31. The van der Waals surface area contributed by atoms with Gasteiger partial charge in [0, 0.05) is 21.5 Å². The molecule has 1 fully saturated rings. The van der Waals surface area contributed by atoms with Gasteiger partial charge in [0.2, 0.25) is 0 Å². The maximum Gasteiger partial charge on any atom is 0.332 e. The minimum atomic E-state index is -3.82. The van der Waals surface area contributed by atoms with Crippen LogP contribution < -0.4 is 16.0 Å². The van der Waals surface area contributed by atoms with E-state index in [9.17, 15) is 18.0 Å². The topological polar surface area (TPSA) is 116 Å². The van der Waals surface area contributed by atoms with Gasteiger partial charge in [0.25, 0.3) is 15.6 Å². The van der Waals surface area contributed by atoms with Gasteiger partial charge >= 0.3 is 5.69 Å². The molecule has 0 bridgehead atoms. The van der Waals surface area contributed by atoms with Crippen LogP contribution in [-0.2, 0) is 23.1 Å². The minimum absolute atomic E-state index is 0.0319. The molecule has 13 heteroatoms. The third-order valence-electron chi connectivity index (χ3n) is 5.80. The van der Waals surface area contributed by atoms with Gasteiger partial charge < -0.3 is 0 Å². The van der Waals surface area contributed by atoms with Gasteiger partial charge in [-0.15, -0.1) is 34.0 Å². The second kappa shape index (κ2) is 8.19. The fourth-order valence-corrected chi connectivity index (χ4v) is 8.37. The number of sulfonamides is 1. The Balaban J connectivity index is 1.70. The standard InChI is InChI=1S/C21H23N5O4S4/c1-11-16(32-13(3)23-11)10-26-19-15(7-17(33-19)34(29,30)24-21(4)5-6-21)18(27)25(20(26)28)9-14-8-22-12(2)31-14/h7-8,24H,5-6,9-10H2,1-4H3. The van der Waals surface area contributed by atoms with Crippen LogP contribution in [0.5, 0.6) is 0 Å². The molecule has 1 N–H and O–H groups in total. The van der Waals surface area contributed by atoms with E-state index < -0.39 is 26.8 Å². The Morgan fingerprint density at radius 1 is 1.06 bits per heavy atom. The lowest BCUT2D eigenvalue weighted by Gasteiger charge is -2.11. The molecule has 0 atom stereocenters. The highest BCUT2D eigenvalue weighted by Gasteiger charge is 2.41. The fourth-order valence-electron chi connectivity index (χ4n) is 3.75. The first-order valence-electron chi connectivity index (χ1n) is 10.6. The van der Waals surface area contributed by atoms with Gasteiger partial charge in [-0.05, 0) is 46.6 Å². The average Bonchev–Trinajstić information content (AvgIpc) is 3.11. The molecule has 5 rings (SSSR count). The monoisotopic (exact) mass is 537 g/mol. The number of aromatic nitrogens is 4. The van der Waals surface area contributed by atoms with E-state index in [0.29, 0.717) is 4.83 Å². The summed E-state index contributed by atoms with van der Waals surface area (Å²) in [5, 5.41) is 1.93. The smallest absolute Gasteiger partial charge is 0.279 e. The lowest BCUT2D eigenvalue weighted by atomic mass is 10.3. The van der Waals surface area contributed by atoms with E-state index in [4.69, 9.17) is 0 Å². The second-order valence-electron chi connectivity index (χ2n) is 8.80. The van der Waals surface area contributed by atoms with E-state index in [1.54, 1.807) is 6.20 Å². The summed E-state index contributed by atoms with van der Waals surface area (Å²) in [6.07, 6.45) is 3.20. The molecule has 4 aromatic heterocycles. The van der Waals surface area contributed by atoms with Crippen LogP contribution >= 0.6 is 34.0 Å². The van der Waals surface area contributed by atoms with Crippen molar-refractivity contribution in [3.05, 3.63) is 58.6 Å². The highest BCUT2D eigenvalue weighted by Crippen LogP contribution is 2.37. The molecule has 0 aromatic carbocycles. The van der Waals surface area contributed by atoms with Crippen LogP contribution in [0.15, 0.2) is 26.1 Å².